The molecule has 116 valence electrons. The first-order valence-corrected chi connectivity index (χ1v) is 7.75. The van der Waals surface area contributed by atoms with Crippen molar-refractivity contribution < 1.29 is 13.9 Å². The smallest absolute Gasteiger partial charge is 0.287 e. The van der Waals surface area contributed by atoms with Crippen molar-refractivity contribution in [1.29, 1.82) is 0 Å². The molecule has 0 radical (unpaired) electrons. The van der Waals surface area contributed by atoms with Gasteiger partial charge in [-0.1, -0.05) is 42.5 Å². The van der Waals surface area contributed by atoms with Gasteiger partial charge in [0.1, 0.15) is 5.58 Å². The van der Waals surface area contributed by atoms with Crippen molar-refractivity contribution in [3.63, 3.8) is 0 Å². The standard InChI is InChI=1S/C19H17NO3/c21-19(18-10-14-6-3-4-8-17(14)23-18)20-11-16-9-13-5-1-2-7-15(13)12-22-16/h1-8,10,16H,9,11-12H2,(H,20,21). The van der Waals surface area contributed by atoms with Gasteiger partial charge in [0.05, 0.1) is 12.7 Å². The summed E-state index contributed by atoms with van der Waals surface area (Å²) in [6.45, 7) is 1.07. The van der Waals surface area contributed by atoms with E-state index in [1.165, 1.54) is 11.1 Å². The summed E-state index contributed by atoms with van der Waals surface area (Å²) >= 11 is 0. The molecule has 0 aliphatic carbocycles. The molecule has 0 bridgehead atoms. The number of hydrogen-bond acceptors (Lipinski definition) is 3. The predicted molar refractivity (Wildman–Crippen MR) is 87.3 cm³/mol. The maximum absolute atomic E-state index is 12.2. The van der Waals surface area contributed by atoms with Crippen LogP contribution < -0.4 is 5.32 Å². The Balaban J connectivity index is 1.40. The zero-order valence-corrected chi connectivity index (χ0v) is 12.6. The second-order valence-corrected chi connectivity index (χ2v) is 5.76. The zero-order valence-electron chi connectivity index (χ0n) is 12.6. The number of ether oxygens (including phenoxy) is 1. The van der Waals surface area contributed by atoms with E-state index in [9.17, 15) is 4.79 Å². The summed E-state index contributed by atoms with van der Waals surface area (Å²) < 4.78 is 11.4. The van der Waals surface area contributed by atoms with E-state index in [1.54, 1.807) is 6.07 Å². The van der Waals surface area contributed by atoms with Crippen molar-refractivity contribution in [3.05, 3.63) is 71.5 Å². The fourth-order valence-electron chi connectivity index (χ4n) is 2.93. The average molecular weight is 307 g/mol. The minimum Gasteiger partial charge on any atom is -0.451 e. The van der Waals surface area contributed by atoms with Crippen molar-refractivity contribution in [2.75, 3.05) is 6.54 Å². The molecule has 1 atom stereocenters. The van der Waals surface area contributed by atoms with E-state index in [0.717, 1.165) is 17.4 Å². The van der Waals surface area contributed by atoms with Gasteiger partial charge in [-0.2, -0.15) is 0 Å². The molecule has 1 N–H and O–H groups in total. The Morgan fingerprint density at radius 3 is 2.74 bits per heavy atom. The van der Waals surface area contributed by atoms with Crippen LogP contribution in [-0.2, 0) is 17.8 Å². The quantitative estimate of drug-likeness (QED) is 0.807. The highest BCUT2D eigenvalue weighted by molar-refractivity contribution is 5.96. The summed E-state index contributed by atoms with van der Waals surface area (Å²) in [6.07, 6.45) is 0.814. The zero-order chi connectivity index (χ0) is 15.6. The summed E-state index contributed by atoms with van der Waals surface area (Å²) in [5.74, 6) is 0.131. The van der Waals surface area contributed by atoms with Crippen LogP contribution in [-0.4, -0.2) is 18.6 Å². The van der Waals surface area contributed by atoms with Gasteiger partial charge in [0.2, 0.25) is 0 Å². The van der Waals surface area contributed by atoms with Crippen LogP contribution in [0.25, 0.3) is 11.0 Å². The molecule has 4 nitrogen and oxygen atoms in total. The highest BCUT2D eigenvalue weighted by Gasteiger charge is 2.20. The van der Waals surface area contributed by atoms with Crippen LogP contribution >= 0.6 is 0 Å². The van der Waals surface area contributed by atoms with E-state index < -0.39 is 0 Å². The highest BCUT2D eigenvalue weighted by Crippen LogP contribution is 2.21. The maximum atomic E-state index is 12.2. The molecular weight excluding hydrogens is 290 g/mol. The molecule has 3 aromatic rings. The number of para-hydroxylation sites is 1. The molecule has 2 heterocycles. The Bertz CT molecular complexity index is 819. The molecule has 0 saturated carbocycles. The van der Waals surface area contributed by atoms with Crippen LogP contribution in [0.5, 0.6) is 0 Å². The number of nitrogens with one attached hydrogen (secondary N) is 1. The Hall–Kier alpha value is -2.59. The summed E-state index contributed by atoms with van der Waals surface area (Å²) in [4.78, 5) is 12.2. The van der Waals surface area contributed by atoms with Crippen LogP contribution in [0.2, 0.25) is 0 Å². The van der Waals surface area contributed by atoms with E-state index in [0.29, 0.717) is 18.9 Å². The van der Waals surface area contributed by atoms with Gasteiger partial charge in [-0.25, -0.2) is 0 Å². The Kier molecular flexibility index (Phi) is 3.60. The number of furan rings is 1. The number of benzene rings is 2. The third kappa shape index (κ3) is 2.85. The average Bonchev–Trinajstić information content (AvgIpc) is 3.04. The lowest BCUT2D eigenvalue weighted by Gasteiger charge is -2.25. The van der Waals surface area contributed by atoms with Crippen LogP contribution in [0.4, 0.5) is 0 Å². The second-order valence-electron chi connectivity index (χ2n) is 5.76. The lowest BCUT2D eigenvalue weighted by atomic mass is 9.99. The molecule has 0 spiro atoms. The number of carbonyl (C=O) groups excluding carboxylic acids is 1. The Labute approximate surface area is 134 Å². The van der Waals surface area contributed by atoms with Crippen LogP contribution in [0, 0.1) is 0 Å². The maximum Gasteiger partial charge on any atom is 0.287 e. The second kappa shape index (κ2) is 5.89. The summed E-state index contributed by atoms with van der Waals surface area (Å²) in [6, 6.07) is 17.6. The van der Waals surface area contributed by atoms with Gasteiger partial charge in [-0.05, 0) is 23.3 Å². The van der Waals surface area contributed by atoms with E-state index in [4.69, 9.17) is 9.15 Å². The molecule has 1 amide bonds. The molecular formula is C19H17NO3. The number of carbonyl (C=O) groups is 1. The molecule has 1 aliphatic heterocycles. The van der Waals surface area contributed by atoms with Crippen LogP contribution in [0.15, 0.2) is 59.0 Å². The highest BCUT2D eigenvalue weighted by atomic mass is 16.5. The van der Waals surface area contributed by atoms with Gasteiger partial charge in [0, 0.05) is 18.4 Å². The molecule has 0 fully saturated rings. The van der Waals surface area contributed by atoms with Gasteiger partial charge in [0.25, 0.3) is 5.91 Å². The van der Waals surface area contributed by atoms with E-state index >= 15 is 0 Å². The van der Waals surface area contributed by atoms with Crippen LogP contribution in [0.3, 0.4) is 0 Å². The fraction of sp³-hybridized carbons (Fsp3) is 0.211. The Morgan fingerprint density at radius 2 is 1.87 bits per heavy atom. The van der Waals surface area contributed by atoms with Crippen molar-refractivity contribution in [2.24, 2.45) is 0 Å². The fourth-order valence-corrected chi connectivity index (χ4v) is 2.93. The molecule has 2 aromatic carbocycles. The number of rotatable bonds is 3. The van der Waals surface area contributed by atoms with E-state index in [2.05, 4.69) is 17.4 Å². The number of hydrogen-bond donors (Lipinski definition) is 1. The third-order valence-electron chi connectivity index (χ3n) is 4.18. The van der Waals surface area contributed by atoms with Gasteiger partial charge in [0.15, 0.2) is 5.76 Å². The normalized spacial score (nSPS) is 17.0. The minimum absolute atomic E-state index is 0.00164. The molecule has 4 heteroatoms. The molecule has 4 rings (SSSR count). The first kappa shape index (κ1) is 14.0. The summed E-state index contributed by atoms with van der Waals surface area (Å²) in [5, 5.41) is 3.83. The lowest BCUT2D eigenvalue weighted by molar-refractivity contribution is 0.0282. The van der Waals surface area contributed by atoms with Gasteiger partial charge in [-0.3, -0.25) is 4.79 Å². The van der Waals surface area contributed by atoms with Gasteiger partial charge >= 0.3 is 0 Å². The molecule has 0 saturated heterocycles. The third-order valence-corrected chi connectivity index (χ3v) is 4.18. The lowest BCUT2D eigenvalue weighted by Crippen LogP contribution is -2.36. The minimum atomic E-state index is -0.205. The molecule has 23 heavy (non-hydrogen) atoms. The molecule has 1 unspecified atom stereocenters. The van der Waals surface area contributed by atoms with Crippen molar-refractivity contribution in [3.8, 4) is 0 Å². The topological polar surface area (TPSA) is 51.5 Å². The Morgan fingerprint density at radius 1 is 1.09 bits per heavy atom. The number of amides is 1. The largest absolute Gasteiger partial charge is 0.451 e. The summed E-state index contributed by atoms with van der Waals surface area (Å²) in [7, 11) is 0. The molecule has 1 aliphatic rings. The van der Waals surface area contributed by atoms with Crippen molar-refractivity contribution in [1.82, 2.24) is 5.32 Å². The van der Waals surface area contributed by atoms with Crippen LogP contribution in [0.1, 0.15) is 21.7 Å². The molecule has 1 aromatic heterocycles. The monoisotopic (exact) mass is 307 g/mol. The van der Waals surface area contributed by atoms with E-state index in [1.807, 2.05) is 36.4 Å². The summed E-state index contributed by atoms with van der Waals surface area (Å²) in [5.41, 5.74) is 3.24. The predicted octanol–water partition coefficient (Wildman–Crippen LogP) is 3.30. The first-order valence-electron chi connectivity index (χ1n) is 7.75. The SMILES string of the molecule is O=C(NCC1Cc2ccccc2CO1)c1cc2ccccc2o1. The van der Waals surface area contributed by atoms with Gasteiger partial charge in [-0.15, -0.1) is 0 Å². The van der Waals surface area contributed by atoms with Gasteiger partial charge < -0.3 is 14.5 Å². The van der Waals surface area contributed by atoms with E-state index in [-0.39, 0.29) is 12.0 Å². The van der Waals surface area contributed by atoms with Crippen molar-refractivity contribution in [2.45, 2.75) is 19.1 Å². The van der Waals surface area contributed by atoms with Crippen molar-refractivity contribution >= 4 is 16.9 Å². The number of fused-ring (bicyclic) bond motifs is 2. The first-order chi connectivity index (χ1) is 11.3.